The quantitative estimate of drug-likeness (QED) is 0.164. The summed E-state index contributed by atoms with van der Waals surface area (Å²) in [6.45, 7) is 17.6. The van der Waals surface area contributed by atoms with E-state index in [1.54, 1.807) is 11.8 Å². The number of benzene rings is 2. The first-order chi connectivity index (χ1) is 21.2. The van der Waals surface area contributed by atoms with Crippen LogP contribution in [0.4, 0.5) is 11.4 Å². The molecule has 0 N–H and O–H groups in total. The molecule has 0 saturated carbocycles. The molecule has 0 aliphatic carbocycles. The Morgan fingerprint density at radius 3 is 2.34 bits per heavy atom. The van der Waals surface area contributed by atoms with Crippen LogP contribution in [0, 0.1) is 26.7 Å². The highest BCUT2D eigenvalue weighted by Gasteiger charge is 2.26. The van der Waals surface area contributed by atoms with Crippen LogP contribution in [0.15, 0.2) is 57.4 Å². The second-order valence-corrected chi connectivity index (χ2v) is 12.0. The zero-order valence-corrected chi connectivity index (χ0v) is 28.0. The number of unbranched alkanes of at least 4 members (excludes halogenated alkanes) is 5. The van der Waals surface area contributed by atoms with Gasteiger partial charge in [0.25, 0.3) is 5.96 Å². The summed E-state index contributed by atoms with van der Waals surface area (Å²) in [5.74, 6) is 3.04. The van der Waals surface area contributed by atoms with Crippen molar-refractivity contribution in [2.75, 3.05) is 31.7 Å². The van der Waals surface area contributed by atoms with E-state index < -0.39 is 0 Å². The fourth-order valence-corrected chi connectivity index (χ4v) is 5.48. The molecular weight excluding hydrogens is 548 g/mol. The van der Waals surface area contributed by atoms with Crippen molar-refractivity contribution >= 4 is 28.9 Å². The average molecular weight is 599 g/mol. The maximum Gasteiger partial charge on any atom is 0.253 e. The molecule has 8 nitrogen and oxygen atoms in total. The Balaban J connectivity index is 1.68. The highest BCUT2D eigenvalue weighted by atomic mass is 16.5. The van der Waals surface area contributed by atoms with Crippen molar-refractivity contribution in [3.63, 3.8) is 0 Å². The zero-order chi connectivity index (χ0) is 31.6. The van der Waals surface area contributed by atoms with Gasteiger partial charge in [-0.2, -0.15) is 10.1 Å². The van der Waals surface area contributed by atoms with Gasteiger partial charge < -0.3 is 14.4 Å². The number of methoxy groups -OCH3 is 1. The third-order valence-corrected chi connectivity index (χ3v) is 7.76. The molecule has 1 aliphatic heterocycles. The van der Waals surface area contributed by atoms with E-state index in [0.717, 1.165) is 53.5 Å². The molecule has 0 fully saturated rings. The van der Waals surface area contributed by atoms with E-state index in [4.69, 9.17) is 24.5 Å². The molecule has 44 heavy (non-hydrogen) atoms. The smallest absolute Gasteiger partial charge is 0.253 e. The molecule has 0 atom stereocenters. The van der Waals surface area contributed by atoms with Crippen LogP contribution in [0.2, 0.25) is 0 Å². The van der Waals surface area contributed by atoms with E-state index in [-0.39, 0.29) is 0 Å². The predicted molar refractivity (Wildman–Crippen MR) is 184 cm³/mol. The Bertz CT molecular complexity index is 1500. The molecule has 3 aromatic rings. The Hall–Kier alpha value is -3.94. The monoisotopic (exact) mass is 598 g/mol. The molecule has 1 aliphatic rings. The van der Waals surface area contributed by atoms with Gasteiger partial charge in [0.05, 0.1) is 25.1 Å². The first kappa shape index (κ1) is 33.0. The summed E-state index contributed by atoms with van der Waals surface area (Å²) in [6, 6.07) is 14.3. The molecule has 0 bridgehead atoms. The summed E-state index contributed by atoms with van der Waals surface area (Å²) in [5.41, 5.74) is 6.41. The lowest BCUT2D eigenvalue weighted by Crippen LogP contribution is -2.27. The lowest BCUT2D eigenvalue weighted by Gasteiger charge is -2.25. The van der Waals surface area contributed by atoms with E-state index in [1.807, 2.05) is 38.1 Å². The molecule has 4 rings (SSSR count). The molecule has 2 aromatic carbocycles. The lowest BCUT2D eigenvalue weighted by molar-refractivity contribution is 0.303. The Morgan fingerprint density at radius 1 is 0.909 bits per heavy atom. The summed E-state index contributed by atoms with van der Waals surface area (Å²) in [7, 11) is 1.67. The molecular formula is C36H50N6O2. The Kier molecular flexibility index (Phi) is 11.8. The van der Waals surface area contributed by atoms with Crippen LogP contribution in [0.1, 0.15) is 88.7 Å². The first-order valence-electron chi connectivity index (χ1n) is 16.2. The number of aliphatic imine (C=N–C) groups is 3. The van der Waals surface area contributed by atoms with Crippen molar-refractivity contribution in [1.82, 2.24) is 9.78 Å². The summed E-state index contributed by atoms with van der Waals surface area (Å²) in [4.78, 5) is 17.4. The second-order valence-electron chi connectivity index (χ2n) is 12.0. The standard InChI is InChI=1S/C36H50N6O2/c1-9-11-12-13-14-15-20-44-30-17-19-33(43-8)31(23-30)34-35(39-36(38-34)42-28(7)22-27(6)40-42)37-32-18-16-29(21-26(32)5)41(10-2)24-25(3)4/h16-19,21-23,25H,9-15,20,24H2,1-8H3. The SMILES string of the molecule is CCCCCCCCOc1ccc(OC)c(C2=NC(n3nc(C)cc3C)=NC2=Nc2ccc(N(CC)CC(C)C)cc2C)c1. The number of aromatic nitrogens is 2. The highest BCUT2D eigenvalue weighted by Crippen LogP contribution is 2.30. The second kappa shape index (κ2) is 15.7. The van der Waals surface area contributed by atoms with Crippen molar-refractivity contribution in [1.29, 1.82) is 0 Å². The lowest BCUT2D eigenvalue weighted by atomic mass is 10.1. The van der Waals surface area contributed by atoms with E-state index in [2.05, 4.69) is 62.8 Å². The maximum atomic E-state index is 6.18. The molecule has 0 saturated heterocycles. The van der Waals surface area contributed by atoms with Crippen molar-refractivity contribution in [2.24, 2.45) is 20.9 Å². The van der Waals surface area contributed by atoms with E-state index in [0.29, 0.717) is 35.8 Å². The maximum absolute atomic E-state index is 6.18. The fraction of sp³-hybridized carbons (Fsp3) is 0.500. The van der Waals surface area contributed by atoms with Crippen LogP contribution in [-0.2, 0) is 0 Å². The first-order valence-corrected chi connectivity index (χ1v) is 16.2. The largest absolute Gasteiger partial charge is 0.496 e. The summed E-state index contributed by atoms with van der Waals surface area (Å²) < 4.78 is 13.8. The molecule has 0 radical (unpaired) electrons. The Morgan fingerprint density at radius 2 is 1.68 bits per heavy atom. The van der Waals surface area contributed by atoms with Gasteiger partial charge in [-0.05, 0) is 88.1 Å². The van der Waals surface area contributed by atoms with Crippen molar-refractivity contribution < 1.29 is 9.47 Å². The van der Waals surface area contributed by atoms with Gasteiger partial charge in [0.1, 0.15) is 17.2 Å². The molecule has 2 heterocycles. The van der Waals surface area contributed by atoms with Crippen molar-refractivity contribution in [3.05, 3.63) is 65.0 Å². The van der Waals surface area contributed by atoms with Gasteiger partial charge in [-0.25, -0.2) is 14.7 Å². The topological polar surface area (TPSA) is 76.6 Å². The van der Waals surface area contributed by atoms with Crippen LogP contribution in [0.5, 0.6) is 11.5 Å². The van der Waals surface area contributed by atoms with Crippen LogP contribution in [0.25, 0.3) is 0 Å². The van der Waals surface area contributed by atoms with Gasteiger partial charge in [0.2, 0.25) is 0 Å². The van der Waals surface area contributed by atoms with Gasteiger partial charge in [-0.15, -0.1) is 0 Å². The van der Waals surface area contributed by atoms with Crippen LogP contribution in [-0.4, -0.2) is 54.1 Å². The third kappa shape index (κ3) is 8.36. The highest BCUT2D eigenvalue weighted by molar-refractivity contribution is 6.53. The van der Waals surface area contributed by atoms with Crippen molar-refractivity contribution in [2.45, 2.75) is 87.0 Å². The van der Waals surface area contributed by atoms with Crippen molar-refractivity contribution in [3.8, 4) is 11.5 Å². The number of rotatable bonds is 15. The molecule has 236 valence electrons. The fourth-order valence-electron chi connectivity index (χ4n) is 5.48. The number of ether oxygens (including phenoxy) is 2. The number of hydrogen-bond donors (Lipinski definition) is 0. The minimum absolute atomic E-state index is 0.480. The van der Waals surface area contributed by atoms with Gasteiger partial charge in [-0.1, -0.05) is 52.9 Å². The summed E-state index contributed by atoms with van der Waals surface area (Å²) in [5, 5.41) is 4.64. The molecule has 0 amide bonds. The molecule has 0 unspecified atom stereocenters. The van der Waals surface area contributed by atoms with Crippen LogP contribution < -0.4 is 14.4 Å². The van der Waals surface area contributed by atoms with Gasteiger partial charge >= 0.3 is 0 Å². The molecule has 1 aromatic heterocycles. The average Bonchev–Trinajstić information content (AvgIpc) is 3.57. The van der Waals surface area contributed by atoms with E-state index in [1.165, 1.54) is 37.8 Å². The zero-order valence-electron chi connectivity index (χ0n) is 28.0. The summed E-state index contributed by atoms with van der Waals surface area (Å²) >= 11 is 0. The normalized spacial score (nSPS) is 13.9. The molecule has 0 spiro atoms. The van der Waals surface area contributed by atoms with Gasteiger partial charge in [0.15, 0.2) is 5.84 Å². The minimum atomic E-state index is 0.480. The van der Waals surface area contributed by atoms with Crippen LogP contribution >= 0.6 is 0 Å². The summed E-state index contributed by atoms with van der Waals surface area (Å²) in [6.07, 6.45) is 7.31. The predicted octanol–water partition coefficient (Wildman–Crippen LogP) is 8.48. The number of nitrogens with zero attached hydrogens (tertiary/aromatic N) is 6. The van der Waals surface area contributed by atoms with E-state index in [9.17, 15) is 0 Å². The van der Waals surface area contributed by atoms with E-state index >= 15 is 0 Å². The molecule has 8 heteroatoms. The van der Waals surface area contributed by atoms with Gasteiger partial charge in [0, 0.05) is 30.0 Å². The number of hydrogen-bond acceptors (Lipinski definition) is 6. The third-order valence-electron chi connectivity index (χ3n) is 7.76. The number of amidine groups is 1. The number of aryl methyl sites for hydroxylation is 3. The Labute approximate surface area is 263 Å². The number of anilines is 1. The van der Waals surface area contributed by atoms with Gasteiger partial charge in [-0.3, -0.25) is 0 Å². The van der Waals surface area contributed by atoms with Crippen LogP contribution in [0.3, 0.4) is 0 Å². The minimum Gasteiger partial charge on any atom is -0.496 e.